The predicted octanol–water partition coefficient (Wildman–Crippen LogP) is 0.855. The molecule has 0 heterocycles. The molecular weight excluding hydrogens is 170 g/mol. The van der Waals surface area contributed by atoms with Crippen LogP contribution in [0.15, 0.2) is 0 Å². The molecule has 0 aliphatic carbocycles. The van der Waals surface area contributed by atoms with Gasteiger partial charge in [-0.3, -0.25) is 4.18 Å². The third-order valence-electron chi connectivity index (χ3n) is 1.06. The quantitative estimate of drug-likeness (QED) is 0.701. The van der Waals surface area contributed by atoms with Gasteiger partial charge in [-0.05, 0) is 13.3 Å². The zero-order valence-electron chi connectivity index (χ0n) is 7.03. The first-order valence-electron chi connectivity index (χ1n) is 3.00. The van der Waals surface area contributed by atoms with E-state index in [0.29, 0.717) is 6.42 Å². The molecule has 0 rings (SSSR count). The van der Waals surface area contributed by atoms with Crippen LogP contribution in [0, 0.1) is 0 Å². The van der Waals surface area contributed by atoms with E-state index in [9.17, 15) is 8.42 Å². The van der Waals surface area contributed by atoms with Gasteiger partial charge in [0, 0.05) is 0 Å². The van der Waals surface area contributed by atoms with E-state index in [4.69, 9.17) is 0 Å². The average molecular weight is 185 g/mol. The van der Waals surface area contributed by atoms with Crippen molar-refractivity contribution < 1.29 is 16.8 Å². The maximum absolute atomic E-state index is 10.5. The summed E-state index contributed by atoms with van der Waals surface area (Å²) in [6.07, 6.45) is 0.327. The third-order valence-corrected chi connectivity index (χ3v) is 2.03. The van der Waals surface area contributed by atoms with Crippen LogP contribution < -0.4 is 6.15 Å². The summed E-state index contributed by atoms with van der Waals surface area (Å²) in [4.78, 5) is 0. The molecule has 1 atom stereocenters. The lowest BCUT2D eigenvalue weighted by molar-refractivity contribution is 0.180. The maximum atomic E-state index is 10.5. The molecule has 0 aromatic rings. The van der Waals surface area contributed by atoms with E-state index in [1.165, 1.54) is 0 Å². The highest BCUT2D eigenvalue weighted by molar-refractivity contribution is 7.81. The molecule has 11 heavy (non-hydrogen) atoms. The van der Waals surface area contributed by atoms with Crippen LogP contribution >= 0.6 is 0 Å². The first-order chi connectivity index (χ1) is 4.52. The van der Waals surface area contributed by atoms with Gasteiger partial charge in [0.15, 0.2) is 0 Å². The van der Waals surface area contributed by atoms with E-state index >= 15 is 0 Å². The van der Waals surface area contributed by atoms with E-state index in [-0.39, 0.29) is 12.3 Å². The van der Waals surface area contributed by atoms with E-state index in [0.717, 1.165) is 7.11 Å². The van der Waals surface area contributed by atoms with Crippen molar-refractivity contribution in [2.75, 3.05) is 7.11 Å². The highest BCUT2D eigenvalue weighted by atomic mass is 32.3. The Morgan fingerprint density at radius 2 is 1.91 bits per heavy atom. The fourth-order valence-electron chi connectivity index (χ4n) is 0.309. The predicted molar refractivity (Wildman–Crippen MR) is 41.8 cm³/mol. The molecule has 0 bridgehead atoms. The van der Waals surface area contributed by atoms with Crippen molar-refractivity contribution in [2.45, 2.75) is 26.4 Å². The Morgan fingerprint density at radius 3 is 2.18 bits per heavy atom. The molecule has 6 heteroatoms. The Bertz CT molecular complexity index is 177. The second-order valence-corrected chi connectivity index (χ2v) is 3.23. The minimum atomic E-state index is -3.73. The maximum Gasteiger partial charge on any atom is 0.399 e. The summed E-state index contributed by atoms with van der Waals surface area (Å²) in [7, 11) is -2.66. The van der Waals surface area contributed by atoms with Crippen molar-refractivity contribution in [3.8, 4) is 0 Å². The molecule has 0 saturated heterocycles. The molecule has 70 valence electrons. The molecule has 0 radical (unpaired) electrons. The molecule has 1 unspecified atom stereocenters. The number of hydrogen-bond donors (Lipinski definition) is 1. The van der Waals surface area contributed by atoms with Crippen molar-refractivity contribution in [1.29, 1.82) is 0 Å². The summed E-state index contributed by atoms with van der Waals surface area (Å²) in [5.41, 5.74) is 0. The molecule has 0 spiro atoms. The Kier molecular flexibility index (Phi) is 6.68. The molecule has 0 aromatic heterocycles. The molecular formula is C5H15NO4S. The smallest absolute Gasteiger partial charge is 0.344 e. The highest BCUT2D eigenvalue weighted by Gasteiger charge is 2.12. The lowest BCUT2D eigenvalue weighted by atomic mass is 10.3. The van der Waals surface area contributed by atoms with Crippen molar-refractivity contribution >= 4 is 10.4 Å². The van der Waals surface area contributed by atoms with Crippen LogP contribution in [0.1, 0.15) is 20.3 Å². The first kappa shape index (κ1) is 13.4. The Labute approximate surface area is 67.6 Å². The van der Waals surface area contributed by atoms with Gasteiger partial charge in [-0.15, -0.1) is 0 Å². The van der Waals surface area contributed by atoms with E-state index in [1.807, 2.05) is 6.92 Å². The van der Waals surface area contributed by atoms with E-state index in [2.05, 4.69) is 8.37 Å². The van der Waals surface area contributed by atoms with Gasteiger partial charge >= 0.3 is 10.4 Å². The van der Waals surface area contributed by atoms with Gasteiger partial charge in [0.05, 0.1) is 13.2 Å². The largest absolute Gasteiger partial charge is 0.399 e. The van der Waals surface area contributed by atoms with Gasteiger partial charge in [-0.1, -0.05) is 6.92 Å². The summed E-state index contributed by atoms with van der Waals surface area (Å²) in [6.45, 7) is 3.49. The summed E-state index contributed by atoms with van der Waals surface area (Å²) >= 11 is 0. The standard InChI is InChI=1S/C5H12O4S.H3N/c1-4-5(2)9-10(6,7)8-3;/h5H,4H2,1-3H3;1H3. The van der Waals surface area contributed by atoms with Crippen LogP contribution in [0.3, 0.4) is 0 Å². The Hall–Kier alpha value is -0.170. The second-order valence-electron chi connectivity index (χ2n) is 1.89. The van der Waals surface area contributed by atoms with Gasteiger partial charge in [-0.25, -0.2) is 4.18 Å². The van der Waals surface area contributed by atoms with Crippen molar-refractivity contribution in [3.05, 3.63) is 0 Å². The minimum Gasteiger partial charge on any atom is -0.344 e. The summed E-state index contributed by atoms with van der Waals surface area (Å²) < 4.78 is 29.6. The van der Waals surface area contributed by atoms with Crippen LogP contribution in [0.25, 0.3) is 0 Å². The average Bonchev–Trinajstić information content (AvgIpc) is 1.87. The van der Waals surface area contributed by atoms with Gasteiger partial charge in [0.1, 0.15) is 0 Å². The van der Waals surface area contributed by atoms with Crippen LogP contribution in [-0.2, 0) is 18.8 Å². The summed E-state index contributed by atoms with van der Waals surface area (Å²) in [6, 6.07) is 0. The molecule has 5 nitrogen and oxygen atoms in total. The number of hydrogen-bond acceptors (Lipinski definition) is 5. The molecule has 0 aliphatic heterocycles. The highest BCUT2D eigenvalue weighted by Crippen LogP contribution is 2.02. The zero-order chi connectivity index (χ0) is 8.20. The Morgan fingerprint density at radius 1 is 1.45 bits per heavy atom. The molecule has 0 fully saturated rings. The van der Waals surface area contributed by atoms with Crippen LogP contribution in [0.4, 0.5) is 0 Å². The van der Waals surface area contributed by atoms with Gasteiger partial charge in [-0.2, -0.15) is 8.42 Å². The fraction of sp³-hybridized carbons (Fsp3) is 1.00. The normalized spacial score (nSPS) is 13.7. The fourth-order valence-corrected chi connectivity index (χ4v) is 0.926. The lowest BCUT2D eigenvalue weighted by Crippen LogP contribution is -2.15. The van der Waals surface area contributed by atoms with Crippen molar-refractivity contribution in [3.63, 3.8) is 0 Å². The topological polar surface area (TPSA) is 87.6 Å². The molecule has 0 aliphatic rings. The van der Waals surface area contributed by atoms with Gasteiger partial charge < -0.3 is 6.15 Å². The van der Waals surface area contributed by atoms with E-state index in [1.54, 1.807) is 6.92 Å². The summed E-state index contributed by atoms with van der Waals surface area (Å²) in [5, 5.41) is 0. The molecule has 0 saturated carbocycles. The molecule has 3 N–H and O–H groups in total. The van der Waals surface area contributed by atoms with Crippen molar-refractivity contribution in [1.82, 2.24) is 6.15 Å². The SMILES string of the molecule is CCC(C)OS(=O)(=O)OC.N. The lowest BCUT2D eigenvalue weighted by Gasteiger charge is -2.07. The van der Waals surface area contributed by atoms with E-state index < -0.39 is 10.4 Å². The van der Waals surface area contributed by atoms with Crippen LogP contribution in [0.5, 0.6) is 0 Å². The third kappa shape index (κ3) is 6.24. The minimum absolute atomic E-state index is 0. The zero-order valence-corrected chi connectivity index (χ0v) is 7.85. The monoisotopic (exact) mass is 185 g/mol. The number of rotatable bonds is 4. The van der Waals surface area contributed by atoms with Crippen LogP contribution in [-0.4, -0.2) is 21.6 Å². The Balaban J connectivity index is 0. The van der Waals surface area contributed by atoms with Crippen molar-refractivity contribution in [2.24, 2.45) is 0 Å². The first-order valence-corrected chi connectivity index (χ1v) is 4.34. The van der Waals surface area contributed by atoms with Crippen LogP contribution in [0.2, 0.25) is 0 Å². The summed E-state index contributed by atoms with van der Waals surface area (Å²) in [5.74, 6) is 0. The molecule has 0 aromatic carbocycles. The molecule has 0 amide bonds. The van der Waals surface area contributed by atoms with Gasteiger partial charge in [0.25, 0.3) is 0 Å². The second kappa shape index (κ2) is 5.48. The van der Waals surface area contributed by atoms with Gasteiger partial charge in [0.2, 0.25) is 0 Å².